The quantitative estimate of drug-likeness (QED) is 0.780. The van der Waals surface area contributed by atoms with Gasteiger partial charge in [-0.15, -0.1) is 0 Å². The third kappa shape index (κ3) is 1.97. The van der Waals surface area contributed by atoms with Crippen molar-refractivity contribution in [2.24, 2.45) is 5.92 Å². The van der Waals surface area contributed by atoms with Crippen molar-refractivity contribution in [2.75, 3.05) is 0 Å². The third-order valence-electron chi connectivity index (χ3n) is 3.56. The fourth-order valence-corrected chi connectivity index (χ4v) is 2.37. The Bertz CT molecular complexity index is 462. The number of hydrogen-bond acceptors (Lipinski definition) is 3. The van der Waals surface area contributed by atoms with E-state index >= 15 is 0 Å². The van der Waals surface area contributed by atoms with Gasteiger partial charge in [-0.2, -0.15) is 5.10 Å². The number of carboxylic acids is 1. The van der Waals surface area contributed by atoms with Gasteiger partial charge in [0, 0.05) is 11.8 Å². The Hall–Kier alpha value is -1.65. The van der Waals surface area contributed by atoms with Crippen LogP contribution < -0.4 is 0 Å². The Labute approximate surface area is 99.0 Å². The van der Waals surface area contributed by atoms with Crippen molar-refractivity contribution in [3.05, 3.63) is 23.8 Å². The highest BCUT2D eigenvalue weighted by Crippen LogP contribution is 2.39. The largest absolute Gasteiger partial charge is 0.481 e. The number of rotatable bonds is 3. The summed E-state index contributed by atoms with van der Waals surface area (Å²) in [4.78, 5) is 15.7. The molecule has 2 atom stereocenters. The van der Waals surface area contributed by atoms with Gasteiger partial charge in [0.2, 0.25) is 0 Å². The Morgan fingerprint density at radius 3 is 2.82 bits per heavy atom. The molecule has 5 heteroatoms. The van der Waals surface area contributed by atoms with Gasteiger partial charge in [0.15, 0.2) is 5.82 Å². The van der Waals surface area contributed by atoms with Gasteiger partial charge in [-0.05, 0) is 25.7 Å². The van der Waals surface area contributed by atoms with E-state index in [4.69, 9.17) is 0 Å². The van der Waals surface area contributed by atoms with Crippen LogP contribution in [-0.4, -0.2) is 26.3 Å². The number of nitrogens with one attached hydrogen (secondary N) is 1. The summed E-state index contributed by atoms with van der Waals surface area (Å²) in [5.74, 6) is 0.922. The van der Waals surface area contributed by atoms with E-state index in [-0.39, 0.29) is 11.8 Å². The first-order chi connectivity index (χ1) is 8.25. The molecule has 0 aliphatic heterocycles. The molecule has 1 fully saturated rings. The van der Waals surface area contributed by atoms with Gasteiger partial charge >= 0.3 is 5.97 Å². The average molecular weight is 233 g/mol. The minimum Gasteiger partial charge on any atom is -0.481 e. The first-order valence-electron chi connectivity index (χ1n) is 6.05. The maximum Gasteiger partial charge on any atom is 0.307 e. The van der Waals surface area contributed by atoms with Gasteiger partial charge in [0.25, 0.3) is 0 Å². The average Bonchev–Trinajstić information content (AvgIpc) is 3.07. The van der Waals surface area contributed by atoms with Crippen LogP contribution in [0.5, 0.6) is 0 Å². The highest BCUT2D eigenvalue weighted by molar-refractivity contribution is 5.71. The molecule has 2 aliphatic rings. The van der Waals surface area contributed by atoms with Crippen LogP contribution in [0.15, 0.2) is 12.2 Å². The molecule has 1 aromatic heterocycles. The lowest BCUT2D eigenvalue weighted by molar-refractivity contribution is -0.142. The molecule has 0 bridgehead atoms. The molecule has 0 aromatic carbocycles. The van der Waals surface area contributed by atoms with E-state index in [0.29, 0.717) is 12.3 Å². The smallest absolute Gasteiger partial charge is 0.307 e. The highest BCUT2D eigenvalue weighted by atomic mass is 16.4. The number of aromatic amines is 1. The molecule has 2 N–H and O–H groups in total. The third-order valence-corrected chi connectivity index (χ3v) is 3.56. The van der Waals surface area contributed by atoms with Crippen LogP contribution in [-0.2, 0) is 4.79 Å². The Balaban J connectivity index is 1.84. The van der Waals surface area contributed by atoms with Gasteiger partial charge in [-0.1, -0.05) is 12.2 Å². The number of hydrogen-bond donors (Lipinski definition) is 2. The van der Waals surface area contributed by atoms with E-state index in [1.54, 1.807) is 0 Å². The molecule has 2 aliphatic carbocycles. The maximum absolute atomic E-state index is 11.2. The molecule has 2 unspecified atom stereocenters. The molecule has 0 spiro atoms. The predicted molar refractivity (Wildman–Crippen MR) is 60.6 cm³/mol. The topological polar surface area (TPSA) is 78.9 Å². The number of allylic oxidation sites excluding steroid dienone is 2. The summed E-state index contributed by atoms with van der Waals surface area (Å²) in [5.41, 5.74) is 0. The summed E-state index contributed by atoms with van der Waals surface area (Å²) in [6.07, 6.45) is 7.60. The van der Waals surface area contributed by atoms with E-state index in [1.165, 1.54) is 0 Å². The number of aromatic nitrogens is 3. The summed E-state index contributed by atoms with van der Waals surface area (Å²) in [5, 5.41) is 16.3. The van der Waals surface area contributed by atoms with Crippen molar-refractivity contribution in [2.45, 2.75) is 37.5 Å². The molecule has 90 valence electrons. The number of nitrogens with zero attached hydrogens (tertiary/aromatic N) is 2. The van der Waals surface area contributed by atoms with Gasteiger partial charge in [-0.3, -0.25) is 9.89 Å². The van der Waals surface area contributed by atoms with Crippen molar-refractivity contribution in [3.8, 4) is 0 Å². The van der Waals surface area contributed by atoms with E-state index in [2.05, 4.69) is 15.2 Å². The first kappa shape index (κ1) is 10.5. The van der Waals surface area contributed by atoms with Crippen LogP contribution in [0, 0.1) is 5.92 Å². The van der Waals surface area contributed by atoms with Crippen molar-refractivity contribution in [1.29, 1.82) is 0 Å². The van der Waals surface area contributed by atoms with E-state index in [0.717, 1.165) is 30.9 Å². The van der Waals surface area contributed by atoms with Crippen molar-refractivity contribution in [1.82, 2.24) is 15.2 Å². The standard InChI is InChI=1S/C12H15N3O2/c16-12(17)9-4-2-1-3-8(9)11-13-10(14-15-11)7-5-6-7/h1-2,7-9H,3-6H2,(H,16,17)(H,13,14,15). The molecule has 3 rings (SSSR count). The van der Waals surface area contributed by atoms with Crippen molar-refractivity contribution < 1.29 is 9.90 Å². The molecule has 0 amide bonds. The van der Waals surface area contributed by atoms with Gasteiger partial charge in [0.05, 0.1) is 5.92 Å². The zero-order chi connectivity index (χ0) is 11.8. The summed E-state index contributed by atoms with van der Waals surface area (Å²) in [6.45, 7) is 0. The van der Waals surface area contributed by atoms with Crippen LogP contribution in [0.25, 0.3) is 0 Å². The summed E-state index contributed by atoms with van der Waals surface area (Å²) >= 11 is 0. The fourth-order valence-electron chi connectivity index (χ4n) is 2.37. The number of H-pyrrole nitrogens is 1. The van der Waals surface area contributed by atoms with Crippen LogP contribution in [0.2, 0.25) is 0 Å². The summed E-state index contributed by atoms with van der Waals surface area (Å²) < 4.78 is 0. The number of carbonyl (C=O) groups is 1. The minimum absolute atomic E-state index is 0.0579. The normalized spacial score (nSPS) is 28.2. The molecule has 1 aromatic rings. The van der Waals surface area contributed by atoms with E-state index in [1.807, 2.05) is 12.2 Å². The molecule has 1 heterocycles. The van der Waals surface area contributed by atoms with Gasteiger partial charge < -0.3 is 5.11 Å². The Morgan fingerprint density at radius 2 is 2.12 bits per heavy atom. The Morgan fingerprint density at radius 1 is 1.35 bits per heavy atom. The lowest BCUT2D eigenvalue weighted by Gasteiger charge is -2.22. The van der Waals surface area contributed by atoms with Crippen molar-refractivity contribution in [3.63, 3.8) is 0 Å². The SMILES string of the molecule is O=C(O)C1CC=CCC1c1nc(C2CC2)n[nH]1. The van der Waals surface area contributed by atoms with E-state index < -0.39 is 5.97 Å². The molecular weight excluding hydrogens is 218 g/mol. The molecule has 5 nitrogen and oxygen atoms in total. The van der Waals surface area contributed by atoms with Crippen LogP contribution >= 0.6 is 0 Å². The minimum atomic E-state index is -0.747. The second kappa shape index (κ2) is 3.98. The van der Waals surface area contributed by atoms with Crippen LogP contribution in [0.4, 0.5) is 0 Å². The number of carboxylic acid groups (broad SMARTS) is 1. The molecule has 0 radical (unpaired) electrons. The van der Waals surface area contributed by atoms with Crippen LogP contribution in [0.3, 0.4) is 0 Å². The monoisotopic (exact) mass is 233 g/mol. The molecular formula is C12H15N3O2. The first-order valence-corrected chi connectivity index (χ1v) is 6.05. The highest BCUT2D eigenvalue weighted by Gasteiger charge is 2.34. The van der Waals surface area contributed by atoms with Gasteiger partial charge in [-0.25, -0.2) is 4.98 Å². The molecule has 0 saturated heterocycles. The molecule has 1 saturated carbocycles. The summed E-state index contributed by atoms with van der Waals surface area (Å²) in [7, 11) is 0. The lowest BCUT2D eigenvalue weighted by atomic mass is 9.82. The second-order valence-electron chi connectivity index (χ2n) is 4.85. The molecule has 17 heavy (non-hydrogen) atoms. The van der Waals surface area contributed by atoms with Crippen LogP contribution in [0.1, 0.15) is 49.2 Å². The van der Waals surface area contributed by atoms with E-state index in [9.17, 15) is 9.90 Å². The van der Waals surface area contributed by atoms with Crippen molar-refractivity contribution >= 4 is 5.97 Å². The lowest BCUT2D eigenvalue weighted by Crippen LogP contribution is -2.24. The fraction of sp³-hybridized carbons (Fsp3) is 0.583. The zero-order valence-corrected chi connectivity index (χ0v) is 9.47. The predicted octanol–water partition coefficient (Wildman–Crippen LogP) is 1.82. The second-order valence-corrected chi connectivity index (χ2v) is 4.85. The zero-order valence-electron chi connectivity index (χ0n) is 9.47. The Kier molecular flexibility index (Phi) is 2.46. The summed E-state index contributed by atoms with van der Waals surface area (Å²) in [6, 6.07) is 0. The van der Waals surface area contributed by atoms with Gasteiger partial charge in [0.1, 0.15) is 5.82 Å². The number of aliphatic carboxylic acids is 1. The maximum atomic E-state index is 11.2.